The fraction of sp³-hybridized carbons (Fsp3) is 0.333. The van der Waals surface area contributed by atoms with E-state index in [1.54, 1.807) is 4.90 Å². The van der Waals surface area contributed by atoms with Gasteiger partial charge in [-0.15, -0.1) is 0 Å². The Balaban J connectivity index is 1.49. The van der Waals surface area contributed by atoms with E-state index in [1.807, 2.05) is 61.6 Å². The number of para-hydroxylation sites is 1. The first-order valence-electron chi connectivity index (χ1n) is 9.36. The molecule has 3 rings (SSSR count). The molecule has 3 amide bonds. The summed E-state index contributed by atoms with van der Waals surface area (Å²) in [5.41, 5.74) is 2.73. The fourth-order valence-corrected chi connectivity index (χ4v) is 3.01. The first-order chi connectivity index (χ1) is 13.5. The number of benzene rings is 2. The highest BCUT2D eigenvalue weighted by molar-refractivity contribution is 5.89. The molecule has 1 aliphatic heterocycles. The molecule has 2 aromatic carbocycles. The van der Waals surface area contributed by atoms with Crippen LogP contribution in [0.4, 0.5) is 21.0 Å². The van der Waals surface area contributed by atoms with E-state index in [1.165, 1.54) is 0 Å². The van der Waals surface area contributed by atoms with Gasteiger partial charge in [-0.25, -0.2) is 9.59 Å². The zero-order valence-electron chi connectivity index (χ0n) is 16.2. The van der Waals surface area contributed by atoms with Crippen LogP contribution in [0.2, 0.25) is 0 Å². The van der Waals surface area contributed by atoms with Crippen LogP contribution in [0.25, 0.3) is 0 Å². The number of hydrogen-bond acceptors (Lipinski definition) is 4. The third kappa shape index (κ3) is 5.16. The first kappa shape index (κ1) is 19.5. The molecule has 7 nitrogen and oxygen atoms in total. The van der Waals surface area contributed by atoms with Gasteiger partial charge in [0.15, 0.2) is 0 Å². The van der Waals surface area contributed by atoms with Gasteiger partial charge in [0.2, 0.25) is 0 Å². The van der Waals surface area contributed by atoms with Crippen molar-refractivity contribution in [3.8, 4) is 0 Å². The molecule has 0 unspecified atom stereocenters. The normalized spacial score (nSPS) is 14.4. The van der Waals surface area contributed by atoms with Crippen LogP contribution in [0.3, 0.4) is 0 Å². The summed E-state index contributed by atoms with van der Waals surface area (Å²) in [6, 6.07) is 17.4. The summed E-state index contributed by atoms with van der Waals surface area (Å²) in [5.74, 6) is 0. The molecule has 0 radical (unpaired) electrons. The second-order valence-electron chi connectivity index (χ2n) is 6.87. The van der Waals surface area contributed by atoms with Crippen molar-refractivity contribution in [1.82, 2.24) is 10.2 Å². The minimum absolute atomic E-state index is 0.140. The van der Waals surface area contributed by atoms with Crippen LogP contribution in [0.5, 0.6) is 0 Å². The van der Waals surface area contributed by atoms with Gasteiger partial charge in [-0.1, -0.05) is 30.3 Å². The van der Waals surface area contributed by atoms with E-state index in [-0.39, 0.29) is 18.2 Å². The number of rotatable bonds is 7. The first-order valence-corrected chi connectivity index (χ1v) is 9.36. The molecule has 1 atom stereocenters. The molecule has 148 valence electrons. The maximum atomic E-state index is 12.3. The summed E-state index contributed by atoms with van der Waals surface area (Å²) >= 11 is 0. The van der Waals surface area contributed by atoms with Crippen molar-refractivity contribution in [2.24, 2.45) is 0 Å². The number of hydrogen-bond donors (Lipinski definition) is 2. The van der Waals surface area contributed by atoms with E-state index in [4.69, 9.17) is 4.74 Å². The van der Waals surface area contributed by atoms with Crippen LogP contribution in [0.1, 0.15) is 12.5 Å². The quantitative estimate of drug-likeness (QED) is 0.771. The molecule has 0 spiro atoms. The number of nitrogens with one attached hydrogen (secondary N) is 2. The number of nitrogens with zero attached hydrogens (tertiary/aromatic N) is 2. The van der Waals surface area contributed by atoms with Crippen LogP contribution in [-0.2, 0) is 11.3 Å². The largest absolute Gasteiger partial charge is 0.448 e. The van der Waals surface area contributed by atoms with Gasteiger partial charge in [0, 0.05) is 37.6 Å². The molecule has 1 saturated heterocycles. The molecule has 0 aromatic heterocycles. The summed E-state index contributed by atoms with van der Waals surface area (Å²) < 4.78 is 4.94. The molecular formula is C21H26N4O3. The van der Waals surface area contributed by atoms with E-state index in [0.717, 1.165) is 11.3 Å². The Hall–Kier alpha value is -3.22. The number of cyclic esters (lactones) is 1. The maximum absolute atomic E-state index is 12.3. The summed E-state index contributed by atoms with van der Waals surface area (Å²) in [6.07, 6.45) is -0.298. The molecule has 2 aromatic rings. The van der Waals surface area contributed by atoms with Gasteiger partial charge in [0.1, 0.15) is 6.61 Å². The zero-order valence-corrected chi connectivity index (χ0v) is 16.2. The Morgan fingerprint density at radius 2 is 2.00 bits per heavy atom. The van der Waals surface area contributed by atoms with Crippen molar-refractivity contribution in [3.05, 3.63) is 60.2 Å². The average molecular weight is 382 g/mol. The topological polar surface area (TPSA) is 73.9 Å². The number of carbonyl (C=O) groups is 2. The average Bonchev–Trinajstić information content (AvgIpc) is 3.11. The Labute approximate surface area is 165 Å². The van der Waals surface area contributed by atoms with Crippen LogP contribution in [0.15, 0.2) is 54.6 Å². The minimum atomic E-state index is -0.298. The predicted molar refractivity (Wildman–Crippen MR) is 110 cm³/mol. The highest BCUT2D eigenvalue weighted by atomic mass is 16.6. The number of amides is 3. The molecule has 28 heavy (non-hydrogen) atoms. The monoisotopic (exact) mass is 382 g/mol. The van der Waals surface area contributed by atoms with Crippen molar-refractivity contribution in [1.29, 1.82) is 0 Å². The van der Waals surface area contributed by atoms with Crippen molar-refractivity contribution in [2.45, 2.75) is 19.5 Å². The maximum Gasteiger partial charge on any atom is 0.410 e. The van der Waals surface area contributed by atoms with Crippen molar-refractivity contribution >= 4 is 23.5 Å². The van der Waals surface area contributed by atoms with E-state index in [2.05, 4.69) is 22.5 Å². The molecule has 2 N–H and O–H groups in total. The van der Waals surface area contributed by atoms with Gasteiger partial charge < -0.3 is 25.2 Å². The van der Waals surface area contributed by atoms with Crippen molar-refractivity contribution in [2.75, 3.05) is 37.0 Å². The molecule has 0 aliphatic carbocycles. The standard InChI is InChI=1S/C21H26N4O3/c1-16(24(2)19-9-4-3-5-10-19)14-22-20(26)23-18-8-6-7-17(13-18)15-25-11-12-28-21(25)27/h3-10,13,16H,11-12,14-15H2,1-2H3,(H2,22,23,26)/t16-/m0/s1. The number of carbonyl (C=O) groups excluding carboxylic acids is 2. The lowest BCUT2D eigenvalue weighted by Gasteiger charge is -2.27. The number of ether oxygens (including phenoxy) is 1. The van der Waals surface area contributed by atoms with Crippen LogP contribution < -0.4 is 15.5 Å². The third-order valence-corrected chi connectivity index (χ3v) is 4.79. The van der Waals surface area contributed by atoms with Crippen LogP contribution in [0, 0.1) is 0 Å². The molecule has 7 heteroatoms. The second kappa shape index (κ2) is 9.12. The second-order valence-corrected chi connectivity index (χ2v) is 6.87. The summed E-state index contributed by atoms with van der Waals surface area (Å²) in [5, 5.41) is 5.75. The molecule has 1 aliphatic rings. The smallest absolute Gasteiger partial charge is 0.410 e. The Morgan fingerprint density at radius 1 is 1.21 bits per heavy atom. The predicted octanol–water partition coefficient (Wildman–Crippen LogP) is 3.29. The van der Waals surface area contributed by atoms with Crippen LogP contribution in [-0.4, -0.2) is 49.8 Å². The van der Waals surface area contributed by atoms with Crippen molar-refractivity contribution in [3.63, 3.8) is 0 Å². The Morgan fingerprint density at radius 3 is 2.71 bits per heavy atom. The van der Waals surface area contributed by atoms with Gasteiger partial charge in [0.25, 0.3) is 0 Å². The van der Waals surface area contributed by atoms with E-state index < -0.39 is 0 Å². The third-order valence-electron chi connectivity index (χ3n) is 4.79. The number of anilines is 2. The molecule has 0 bridgehead atoms. The lowest BCUT2D eigenvalue weighted by Crippen LogP contribution is -2.41. The molecule has 1 heterocycles. The zero-order chi connectivity index (χ0) is 19.9. The van der Waals surface area contributed by atoms with E-state index in [9.17, 15) is 9.59 Å². The molecular weight excluding hydrogens is 356 g/mol. The highest BCUT2D eigenvalue weighted by Crippen LogP contribution is 2.16. The lowest BCUT2D eigenvalue weighted by molar-refractivity contribution is 0.157. The lowest BCUT2D eigenvalue weighted by atomic mass is 10.2. The van der Waals surface area contributed by atoms with Gasteiger partial charge in [-0.05, 0) is 36.8 Å². The van der Waals surface area contributed by atoms with Gasteiger partial charge in [0.05, 0.1) is 6.54 Å². The van der Waals surface area contributed by atoms with Crippen molar-refractivity contribution < 1.29 is 14.3 Å². The molecule has 0 saturated carbocycles. The highest BCUT2D eigenvalue weighted by Gasteiger charge is 2.21. The Bertz CT molecular complexity index is 812. The fourth-order valence-electron chi connectivity index (χ4n) is 3.01. The van der Waals surface area contributed by atoms with Gasteiger partial charge in [-0.3, -0.25) is 0 Å². The van der Waals surface area contributed by atoms with Gasteiger partial charge in [-0.2, -0.15) is 0 Å². The SMILES string of the molecule is C[C@@H](CNC(=O)Nc1cccc(CN2CCOC2=O)c1)N(C)c1ccccc1. The summed E-state index contributed by atoms with van der Waals surface area (Å²) in [4.78, 5) is 27.6. The minimum Gasteiger partial charge on any atom is -0.448 e. The summed E-state index contributed by atoms with van der Waals surface area (Å²) in [6.45, 7) is 4.05. The van der Waals surface area contributed by atoms with E-state index in [0.29, 0.717) is 31.9 Å². The van der Waals surface area contributed by atoms with E-state index >= 15 is 0 Å². The Kier molecular flexibility index (Phi) is 6.37. The van der Waals surface area contributed by atoms with Gasteiger partial charge >= 0.3 is 12.1 Å². The van der Waals surface area contributed by atoms with Crippen LogP contribution >= 0.6 is 0 Å². The summed E-state index contributed by atoms with van der Waals surface area (Å²) in [7, 11) is 2.01. The molecule has 1 fully saturated rings. The number of likely N-dealkylation sites (N-methyl/N-ethyl adjacent to an activating group) is 1. The number of urea groups is 1.